The third kappa shape index (κ3) is 5.44. The number of hydrogen-bond donors (Lipinski definition) is 1. The van der Waals surface area contributed by atoms with E-state index in [2.05, 4.69) is 25.1 Å². The molecule has 0 amide bonds. The Balaban J connectivity index is 1.61. The molecular formula is C20H26FN5O2S. The van der Waals surface area contributed by atoms with Gasteiger partial charge < -0.3 is 15.1 Å². The van der Waals surface area contributed by atoms with Crippen molar-refractivity contribution in [3.05, 3.63) is 54.5 Å². The van der Waals surface area contributed by atoms with Gasteiger partial charge in [0.1, 0.15) is 16.5 Å². The van der Waals surface area contributed by atoms with Crippen molar-refractivity contribution in [2.45, 2.75) is 11.8 Å². The summed E-state index contributed by atoms with van der Waals surface area (Å²) in [5.41, 5.74) is 0. The highest BCUT2D eigenvalue weighted by Gasteiger charge is 2.21. The second kappa shape index (κ2) is 9.69. The number of guanidine groups is 1. The lowest BCUT2D eigenvalue weighted by Crippen LogP contribution is -2.52. The molecule has 3 rings (SSSR count). The molecule has 156 valence electrons. The van der Waals surface area contributed by atoms with Crippen LogP contribution in [0.1, 0.15) is 6.92 Å². The Morgan fingerprint density at radius 2 is 1.86 bits per heavy atom. The lowest BCUT2D eigenvalue weighted by Gasteiger charge is -2.37. The number of aromatic nitrogens is 1. The van der Waals surface area contributed by atoms with Crippen LogP contribution in [0.15, 0.2) is 58.5 Å². The van der Waals surface area contributed by atoms with Crippen LogP contribution < -0.4 is 10.2 Å². The smallest absolute Gasteiger partial charge is 0.194 e. The van der Waals surface area contributed by atoms with Crippen LogP contribution in [0.25, 0.3) is 0 Å². The van der Waals surface area contributed by atoms with E-state index < -0.39 is 15.7 Å². The van der Waals surface area contributed by atoms with Gasteiger partial charge in [0.25, 0.3) is 0 Å². The average molecular weight is 420 g/mol. The molecule has 1 aromatic heterocycles. The summed E-state index contributed by atoms with van der Waals surface area (Å²) in [6.07, 6.45) is 1.78. The van der Waals surface area contributed by atoms with Crippen LogP contribution in [0.2, 0.25) is 0 Å². The maximum absolute atomic E-state index is 13.8. The average Bonchev–Trinajstić information content (AvgIpc) is 2.74. The first kappa shape index (κ1) is 21.0. The molecule has 1 fully saturated rings. The molecule has 1 aliphatic rings. The van der Waals surface area contributed by atoms with E-state index in [1.165, 1.54) is 18.2 Å². The monoisotopic (exact) mass is 419 g/mol. The van der Waals surface area contributed by atoms with Gasteiger partial charge >= 0.3 is 0 Å². The van der Waals surface area contributed by atoms with Crippen LogP contribution in [0.5, 0.6) is 0 Å². The summed E-state index contributed by atoms with van der Waals surface area (Å²) < 4.78 is 38.6. The van der Waals surface area contributed by atoms with Gasteiger partial charge in [-0.25, -0.2) is 17.8 Å². The Morgan fingerprint density at radius 1 is 1.14 bits per heavy atom. The maximum Gasteiger partial charge on any atom is 0.194 e. The summed E-state index contributed by atoms with van der Waals surface area (Å²) in [6, 6.07) is 11.3. The summed E-state index contributed by atoms with van der Waals surface area (Å²) in [6.45, 7) is 5.82. The first-order chi connectivity index (χ1) is 14.0. The third-order valence-corrected chi connectivity index (χ3v) is 6.40. The number of nitrogens with zero attached hydrogens (tertiary/aromatic N) is 4. The molecule has 2 heterocycles. The summed E-state index contributed by atoms with van der Waals surface area (Å²) >= 11 is 0. The minimum atomic E-state index is -3.72. The van der Waals surface area contributed by atoms with E-state index >= 15 is 0 Å². The quantitative estimate of drug-likeness (QED) is 0.568. The minimum Gasteiger partial charge on any atom is -0.357 e. The van der Waals surface area contributed by atoms with Crippen molar-refractivity contribution in [3.63, 3.8) is 0 Å². The number of sulfone groups is 1. The van der Waals surface area contributed by atoms with Crippen LogP contribution in [0.4, 0.5) is 10.2 Å². The molecule has 0 saturated carbocycles. The van der Waals surface area contributed by atoms with E-state index in [1.54, 1.807) is 6.20 Å². The molecule has 0 radical (unpaired) electrons. The summed E-state index contributed by atoms with van der Waals surface area (Å²) in [7, 11) is -3.72. The number of halogens is 1. The molecular weight excluding hydrogens is 393 g/mol. The van der Waals surface area contributed by atoms with Gasteiger partial charge in [0, 0.05) is 38.9 Å². The van der Waals surface area contributed by atoms with E-state index in [0.717, 1.165) is 38.1 Å². The molecule has 0 aliphatic carbocycles. The second-order valence-electron chi connectivity index (χ2n) is 6.65. The van der Waals surface area contributed by atoms with Gasteiger partial charge in [-0.3, -0.25) is 4.99 Å². The number of aliphatic imine (C=N–C) groups is 1. The highest BCUT2D eigenvalue weighted by molar-refractivity contribution is 7.91. The number of benzene rings is 1. The Labute approximate surface area is 171 Å². The number of piperazine rings is 1. The van der Waals surface area contributed by atoms with E-state index in [0.29, 0.717) is 12.5 Å². The number of rotatable bonds is 6. The molecule has 1 aliphatic heterocycles. The molecule has 29 heavy (non-hydrogen) atoms. The van der Waals surface area contributed by atoms with Crippen molar-refractivity contribution in [2.24, 2.45) is 4.99 Å². The van der Waals surface area contributed by atoms with Gasteiger partial charge in [-0.05, 0) is 31.2 Å². The maximum atomic E-state index is 13.8. The van der Waals surface area contributed by atoms with Crippen molar-refractivity contribution in [1.29, 1.82) is 0 Å². The van der Waals surface area contributed by atoms with E-state index in [4.69, 9.17) is 0 Å². The fraction of sp³-hybridized carbons (Fsp3) is 0.400. The summed E-state index contributed by atoms with van der Waals surface area (Å²) in [4.78, 5) is 12.9. The number of pyridine rings is 1. The lowest BCUT2D eigenvalue weighted by molar-refractivity contribution is 0.372. The Kier molecular flexibility index (Phi) is 7.03. The Morgan fingerprint density at radius 3 is 2.52 bits per heavy atom. The SMILES string of the molecule is CCNC(=NCCS(=O)(=O)c1ccccc1F)N1CCN(c2ccccn2)CC1. The zero-order valence-electron chi connectivity index (χ0n) is 16.5. The number of anilines is 1. The predicted octanol–water partition coefficient (Wildman–Crippen LogP) is 1.78. The number of hydrogen-bond acceptors (Lipinski definition) is 5. The molecule has 0 spiro atoms. The molecule has 0 bridgehead atoms. The normalized spacial score (nSPS) is 15.4. The first-order valence-electron chi connectivity index (χ1n) is 9.68. The molecule has 1 aromatic carbocycles. The standard InChI is InChI=1S/C20H26FN5O2S/c1-2-22-20(24-11-16-29(27,28)18-8-4-3-7-17(18)21)26-14-12-25(13-15-26)19-9-5-6-10-23-19/h3-10H,2,11-16H2,1H3,(H,22,24). The second-order valence-corrected chi connectivity index (χ2v) is 8.72. The van der Waals surface area contributed by atoms with Gasteiger partial charge in [0.05, 0.1) is 12.3 Å². The van der Waals surface area contributed by atoms with Gasteiger partial charge in [-0.15, -0.1) is 0 Å². The fourth-order valence-electron chi connectivity index (χ4n) is 3.19. The number of nitrogens with one attached hydrogen (secondary N) is 1. The Bertz CT molecular complexity index is 929. The predicted molar refractivity (Wildman–Crippen MR) is 112 cm³/mol. The molecule has 9 heteroatoms. The highest BCUT2D eigenvalue weighted by Crippen LogP contribution is 2.15. The van der Waals surface area contributed by atoms with Crippen molar-refractivity contribution in [2.75, 3.05) is 49.9 Å². The third-order valence-electron chi connectivity index (χ3n) is 4.68. The lowest BCUT2D eigenvalue weighted by atomic mass is 10.3. The van der Waals surface area contributed by atoms with Gasteiger partial charge in [-0.1, -0.05) is 18.2 Å². The zero-order valence-corrected chi connectivity index (χ0v) is 17.3. The van der Waals surface area contributed by atoms with Gasteiger partial charge in [0.2, 0.25) is 0 Å². The minimum absolute atomic E-state index is 0.0689. The zero-order chi connectivity index (χ0) is 20.7. The molecule has 1 saturated heterocycles. The molecule has 0 atom stereocenters. The first-order valence-corrected chi connectivity index (χ1v) is 11.3. The summed E-state index contributed by atoms with van der Waals surface area (Å²) in [5.74, 6) is 0.660. The molecule has 7 nitrogen and oxygen atoms in total. The van der Waals surface area contributed by atoms with Crippen molar-refractivity contribution in [1.82, 2.24) is 15.2 Å². The molecule has 1 N–H and O–H groups in total. The molecule has 2 aromatic rings. The van der Waals surface area contributed by atoms with Gasteiger partial charge in [-0.2, -0.15) is 0 Å². The Hall–Kier alpha value is -2.68. The summed E-state index contributed by atoms with van der Waals surface area (Å²) in [5, 5.41) is 3.22. The van der Waals surface area contributed by atoms with E-state index in [9.17, 15) is 12.8 Å². The van der Waals surface area contributed by atoms with Crippen LogP contribution in [-0.2, 0) is 9.84 Å². The van der Waals surface area contributed by atoms with Crippen molar-refractivity contribution < 1.29 is 12.8 Å². The van der Waals surface area contributed by atoms with Gasteiger partial charge in [0.15, 0.2) is 15.8 Å². The fourth-order valence-corrected chi connectivity index (χ4v) is 4.40. The highest BCUT2D eigenvalue weighted by atomic mass is 32.2. The van der Waals surface area contributed by atoms with Crippen molar-refractivity contribution in [3.8, 4) is 0 Å². The van der Waals surface area contributed by atoms with Crippen LogP contribution in [0.3, 0.4) is 0 Å². The van der Waals surface area contributed by atoms with Crippen LogP contribution in [0, 0.1) is 5.82 Å². The molecule has 0 unspecified atom stereocenters. The van der Waals surface area contributed by atoms with Crippen LogP contribution in [-0.4, -0.2) is 69.3 Å². The van der Waals surface area contributed by atoms with E-state index in [1.807, 2.05) is 25.1 Å². The topological polar surface area (TPSA) is 77.9 Å². The van der Waals surface area contributed by atoms with Crippen LogP contribution >= 0.6 is 0 Å². The van der Waals surface area contributed by atoms with Crippen molar-refractivity contribution >= 4 is 21.6 Å². The largest absolute Gasteiger partial charge is 0.357 e. The van der Waals surface area contributed by atoms with E-state index in [-0.39, 0.29) is 17.2 Å².